The molecule has 0 unspecified atom stereocenters. The van der Waals surface area contributed by atoms with Crippen molar-refractivity contribution in [2.24, 2.45) is 0 Å². The maximum Gasteiger partial charge on any atom is 0.333 e. The van der Waals surface area contributed by atoms with Crippen molar-refractivity contribution in [2.75, 3.05) is 0 Å². The highest BCUT2D eigenvalue weighted by Crippen LogP contribution is 2.22. The third kappa shape index (κ3) is 9.53. The van der Waals surface area contributed by atoms with Crippen molar-refractivity contribution in [1.82, 2.24) is 0 Å². The van der Waals surface area contributed by atoms with Crippen molar-refractivity contribution < 1.29 is 19.1 Å². The second kappa shape index (κ2) is 12.8. The van der Waals surface area contributed by atoms with Gasteiger partial charge >= 0.3 is 11.9 Å². The molecular formula is C20H36O4. The lowest BCUT2D eigenvalue weighted by Gasteiger charge is -2.10. The average molecular weight is 341 g/mol. The van der Waals surface area contributed by atoms with Crippen LogP contribution in [0.4, 0.5) is 0 Å². The summed E-state index contributed by atoms with van der Waals surface area (Å²) < 4.78 is 10.3. The van der Waals surface area contributed by atoms with Gasteiger partial charge in [-0.1, -0.05) is 28.0 Å². The molecule has 4 nitrogen and oxygen atoms in total. The van der Waals surface area contributed by atoms with Gasteiger partial charge in [0.2, 0.25) is 0 Å². The van der Waals surface area contributed by atoms with Gasteiger partial charge in [0.25, 0.3) is 0 Å². The van der Waals surface area contributed by atoms with Crippen molar-refractivity contribution >= 4 is 11.9 Å². The Morgan fingerprint density at radius 1 is 0.708 bits per heavy atom. The van der Waals surface area contributed by atoms with E-state index in [-0.39, 0.29) is 39.0 Å². The largest absolute Gasteiger partial charge is 0.459 e. The van der Waals surface area contributed by atoms with Crippen molar-refractivity contribution in [2.45, 2.75) is 92.3 Å². The molecule has 0 amide bonds. The van der Waals surface area contributed by atoms with E-state index in [0.717, 1.165) is 25.7 Å². The molecule has 0 spiro atoms. The summed E-state index contributed by atoms with van der Waals surface area (Å²) in [4.78, 5) is 22.0. The van der Waals surface area contributed by atoms with Crippen LogP contribution in [0.3, 0.4) is 0 Å². The standard InChI is InChI=1S/2C9H14O2.2CH4/c2*1-7(2)9(10)11-8-5-3-4-6-8;;/h2*8H,1,3-6H2,2H3;2*1H4. The third-order valence-electron chi connectivity index (χ3n) is 3.85. The van der Waals surface area contributed by atoms with E-state index in [9.17, 15) is 9.59 Å². The first-order valence-electron chi connectivity index (χ1n) is 8.13. The monoisotopic (exact) mass is 340 g/mol. The highest BCUT2D eigenvalue weighted by atomic mass is 16.5. The topological polar surface area (TPSA) is 52.6 Å². The first-order chi connectivity index (χ1) is 10.4. The first kappa shape index (κ1) is 24.7. The van der Waals surface area contributed by atoms with Crippen LogP contribution in [0.2, 0.25) is 0 Å². The van der Waals surface area contributed by atoms with Gasteiger partial charge in [-0.25, -0.2) is 9.59 Å². The lowest BCUT2D eigenvalue weighted by Crippen LogP contribution is -2.14. The Morgan fingerprint density at radius 3 is 1.17 bits per heavy atom. The zero-order valence-corrected chi connectivity index (χ0v) is 13.9. The second-order valence-electron chi connectivity index (χ2n) is 6.18. The van der Waals surface area contributed by atoms with E-state index in [1.54, 1.807) is 13.8 Å². The van der Waals surface area contributed by atoms with Crippen LogP contribution in [0.1, 0.15) is 80.1 Å². The summed E-state index contributed by atoms with van der Waals surface area (Å²) in [5, 5.41) is 0. The average Bonchev–Trinajstić information content (AvgIpc) is 3.12. The summed E-state index contributed by atoms with van der Waals surface area (Å²) in [6, 6.07) is 0. The molecule has 0 heterocycles. The van der Waals surface area contributed by atoms with Gasteiger partial charge in [0.05, 0.1) is 0 Å². The van der Waals surface area contributed by atoms with Gasteiger partial charge in [0.15, 0.2) is 0 Å². The molecule has 24 heavy (non-hydrogen) atoms. The van der Waals surface area contributed by atoms with E-state index in [2.05, 4.69) is 13.2 Å². The predicted octanol–water partition coefficient (Wildman–Crippen LogP) is 5.37. The Morgan fingerprint density at radius 2 is 0.958 bits per heavy atom. The van der Waals surface area contributed by atoms with Gasteiger partial charge in [-0.3, -0.25) is 0 Å². The van der Waals surface area contributed by atoms with Crippen LogP contribution in [-0.2, 0) is 19.1 Å². The fourth-order valence-electron chi connectivity index (χ4n) is 2.52. The van der Waals surface area contributed by atoms with Crippen molar-refractivity contribution in [3.05, 3.63) is 24.3 Å². The fourth-order valence-corrected chi connectivity index (χ4v) is 2.52. The van der Waals surface area contributed by atoms with Gasteiger partial charge < -0.3 is 9.47 Å². The molecule has 0 aromatic rings. The fraction of sp³-hybridized carbons (Fsp3) is 0.700. The molecule has 2 saturated carbocycles. The zero-order chi connectivity index (χ0) is 16.5. The van der Waals surface area contributed by atoms with E-state index in [0.29, 0.717) is 11.1 Å². The Kier molecular flexibility index (Phi) is 13.2. The molecule has 0 atom stereocenters. The van der Waals surface area contributed by atoms with Gasteiger partial charge in [-0.15, -0.1) is 0 Å². The number of rotatable bonds is 4. The van der Waals surface area contributed by atoms with Gasteiger partial charge in [-0.05, 0) is 65.2 Å². The van der Waals surface area contributed by atoms with Crippen LogP contribution in [0, 0.1) is 0 Å². The molecule has 2 rings (SSSR count). The Hall–Kier alpha value is -1.58. The Labute approximate surface area is 148 Å². The lowest BCUT2D eigenvalue weighted by atomic mass is 10.3. The van der Waals surface area contributed by atoms with E-state index < -0.39 is 0 Å². The summed E-state index contributed by atoms with van der Waals surface area (Å²) in [6.07, 6.45) is 9.19. The highest BCUT2D eigenvalue weighted by Gasteiger charge is 2.19. The normalized spacial score (nSPS) is 16.8. The van der Waals surface area contributed by atoms with Crippen LogP contribution < -0.4 is 0 Å². The molecule has 0 N–H and O–H groups in total. The van der Waals surface area contributed by atoms with Crippen LogP contribution in [0.5, 0.6) is 0 Å². The van der Waals surface area contributed by atoms with E-state index in [4.69, 9.17) is 9.47 Å². The summed E-state index contributed by atoms with van der Waals surface area (Å²) in [7, 11) is 0. The number of ether oxygens (including phenoxy) is 2. The summed E-state index contributed by atoms with van der Waals surface area (Å²) in [5.41, 5.74) is 0.994. The maximum atomic E-state index is 11.0. The van der Waals surface area contributed by atoms with Gasteiger partial charge in [0.1, 0.15) is 12.2 Å². The Bertz CT molecular complexity index is 373. The molecular weight excluding hydrogens is 304 g/mol. The lowest BCUT2D eigenvalue weighted by molar-refractivity contribution is -0.144. The highest BCUT2D eigenvalue weighted by molar-refractivity contribution is 5.87. The first-order valence-corrected chi connectivity index (χ1v) is 8.13. The third-order valence-corrected chi connectivity index (χ3v) is 3.85. The molecule has 0 aliphatic heterocycles. The smallest absolute Gasteiger partial charge is 0.333 e. The van der Waals surface area contributed by atoms with Crippen molar-refractivity contribution in [3.8, 4) is 0 Å². The minimum Gasteiger partial charge on any atom is -0.459 e. The zero-order valence-electron chi connectivity index (χ0n) is 13.9. The minimum absolute atomic E-state index is 0. The number of carbonyl (C=O) groups is 2. The van der Waals surface area contributed by atoms with Crippen LogP contribution in [0.25, 0.3) is 0 Å². The SMILES string of the molecule is C.C.C=C(C)C(=O)OC1CCCC1.C=C(C)C(=O)OC1CCCC1. The molecule has 0 aromatic carbocycles. The Balaban J connectivity index is 0. The number of hydrogen-bond donors (Lipinski definition) is 0. The molecule has 4 heteroatoms. The minimum atomic E-state index is -0.239. The second-order valence-corrected chi connectivity index (χ2v) is 6.18. The summed E-state index contributed by atoms with van der Waals surface area (Å²) in [5.74, 6) is -0.478. The molecule has 2 fully saturated rings. The molecule has 0 aromatic heterocycles. The van der Waals surface area contributed by atoms with Crippen LogP contribution in [0.15, 0.2) is 24.3 Å². The molecule has 2 aliphatic rings. The van der Waals surface area contributed by atoms with Gasteiger partial charge in [-0.2, -0.15) is 0 Å². The number of carbonyl (C=O) groups excluding carboxylic acids is 2. The molecule has 0 bridgehead atoms. The molecule has 0 saturated heterocycles. The number of hydrogen-bond acceptors (Lipinski definition) is 4. The van der Waals surface area contributed by atoms with Crippen molar-refractivity contribution in [3.63, 3.8) is 0 Å². The van der Waals surface area contributed by atoms with E-state index >= 15 is 0 Å². The molecule has 0 radical (unpaired) electrons. The van der Waals surface area contributed by atoms with Crippen molar-refractivity contribution in [1.29, 1.82) is 0 Å². The van der Waals surface area contributed by atoms with Crippen LogP contribution >= 0.6 is 0 Å². The predicted molar refractivity (Wildman–Crippen MR) is 99.8 cm³/mol. The van der Waals surface area contributed by atoms with Crippen LogP contribution in [-0.4, -0.2) is 24.1 Å². The summed E-state index contributed by atoms with van der Waals surface area (Å²) in [6.45, 7) is 10.4. The van der Waals surface area contributed by atoms with Gasteiger partial charge in [0, 0.05) is 11.1 Å². The number of esters is 2. The van der Waals surface area contributed by atoms with E-state index in [1.807, 2.05) is 0 Å². The quantitative estimate of drug-likeness (QED) is 0.510. The molecule has 140 valence electrons. The molecule has 2 aliphatic carbocycles. The van der Waals surface area contributed by atoms with E-state index in [1.165, 1.54) is 25.7 Å². The summed E-state index contributed by atoms with van der Waals surface area (Å²) >= 11 is 0. The maximum absolute atomic E-state index is 11.0.